The van der Waals surface area contributed by atoms with Gasteiger partial charge in [0.1, 0.15) is 18.0 Å². The molecule has 0 bridgehead atoms. The molecule has 3 N–H and O–H groups in total. The molecule has 2 aromatic carbocycles. The lowest BCUT2D eigenvalue weighted by Crippen LogP contribution is -2.43. The fourth-order valence-electron chi connectivity index (χ4n) is 4.64. The van der Waals surface area contributed by atoms with E-state index in [1.165, 1.54) is 11.9 Å². The Labute approximate surface area is 233 Å². The molecule has 0 unspecified atom stereocenters. The normalized spacial score (nSPS) is 15.7. The number of aromatic nitrogens is 4. The number of likely N-dealkylation sites (N-methyl/N-ethyl adjacent to an activating group) is 1. The van der Waals surface area contributed by atoms with Crippen LogP contribution in [0, 0.1) is 6.92 Å². The maximum Gasteiger partial charge on any atom is 0.255 e. The van der Waals surface area contributed by atoms with Gasteiger partial charge in [-0.15, -0.1) is 0 Å². The molecule has 204 valence electrons. The second-order valence-corrected chi connectivity index (χ2v) is 10.3. The van der Waals surface area contributed by atoms with Gasteiger partial charge in [0.25, 0.3) is 5.91 Å². The van der Waals surface area contributed by atoms with Crippen LogP contribution in [0.1, 0.15) is 21.5 Å². The maximum atomic E-state index is 13.1. The predicted octanol–water partition coefficient (Wildman–Crippen LogP) is 4.06. The summed E-state index contributed by atoms with van der Waals surface area (Å²) in [6, 6.07) is 15.8. The zero-order valence-corrected chi connectivity index (χ0v) is 22.7. The van der Waals surface area contributed by atoms with Gasteiger partial charge < -0.3 is 20.9 Å². The van der Waals surface area contributed by atoms with Gasteiger partial charge >= 0.3 is 0 Å². The van der Waals surface area contributed by atoms with E-state index < -0.39 is 0 Å². The van der Waals surface area contributed by atoms with E-state index in [2.05, 4.69) is 72.0 Å². The zero-order chi connectivity index (χ0) is 27.5. The van der Waals surface area contributed by atoms with Gasteiger partial charge in [-0.05, 0) is 49.4 Å². The summed E-state index contributed by atoms with van der Waals surface area (Å²) >= 11 is 0. The van der Waals surface area contributed by atoms with Crippen LogP contribution in [0.3, 0.4) is 0 Å². The van der Waals surface area contributed by atoms with Crippen LogP contribution in [0.2, 0.25) is 0 Å². The molecule has 40 heavy (non-hydrogen) atoms. The van der Waals surface area contributed by atoms with Crippen molar-refractivity contribution in [2.24, 2.45) is 0 Å². The quantitative estimate of drug-likeness (QED) is 0.276. The third kappa shape index (κ3) is 6.19. The number of carbonyl (C=O) groups is 1. The molecule has 10 heteroatoms. The second-order valence-electron chi connectivity index (χ2n) is 10.3. The molecule has 4 aromatic rings. The lowest BCUT2D eigenvalue weighted by atomic mass is 10.1. The summed E-state index contributed by atoms with van der Waals surface area (Å²) in [5, 5.41) is 9.69. The summed E-state index contributed by atoms with van der Waals surface area (Å²) in [6.07, 6.45) is 9.19. The molecular weight excluding hydrogens is 502 g/mol. The van der Waals surface area contributed by atoms with Gasteiger partial charge in [-0.2, -0.15) is 0 Å². The van der Waals surface area contributed by atoms with Crippen LogP contribution in [0.15, 0.2) is 79.4 Å². The molecular formula is C30H33N9O. The van der Waals surface area contributed by atoms with E-state index in [-0.39, 0.29) is 11.9 Å². The van der Waals surface area contributed by atoms with Crippen LogP contribution in [0.4, 0.5) is 23.1 Å². The number of hydrogen-bond donors (Lipinski definition) is 3. The number of nitrogens with one attached hydrogen (secondary N) is 3. The summed E-state index contributed by atoms with van der Waals surface area (Å²) in [7, 11) is 2.16. The number of piperazine rings is 1. The first kappa shape index (κ1) is 25.7. The highest BCUT2D eigenvalue weighted by Crippen LogP contribution is 2.24. The molecule has 0 atom stereocenters. The SMILES string of the molecule is Cc1ccc(C(=O)Nc2ccc(CN3CCN(C)CC3)cc2)cc1Nc1nccn1-c1cc(NC2C=C2)ncn1. The molecule has 0 radical (unpaired) electrons. The Kier molecular flexibility index (Phi) is 7.26. The number of amides is 1. The van der Waals surface area contributed by atoms with Gasteiger partial charge in [-0.3, -0.25) is 14.3 Å². The van der Waals surface area contributed by atoms with E-state index in [1.54, 1.807) is 6.20 Å². The average Bonchev–Trinajstić information content (AvgIpc) is 3.66. The molecule has 1 amide bonds. The second kappa shape index (κ2) is 11.3. The highest BCUT2D eigenvalue weighted by molar-refractivity contribution is 6.05. The number of benzene rings is 2. The lowest BCUT2D eigenvalue weighted by molar-refractivity contribution is 0.102. The minimum absolute atomic E-state index is 0.168. The predicted molar refractivity (Wildman–Crippen MR) is 157 cm³/mol. The molecule has 3 heterocycles. The van der Waals surface area contributed by atoms with Crippen molar-refractivity contribution in [3.05, 3.63) is 96.1 Å². The van der Waals surface area contributed by atoms with Crippen molar-refractivity contribution >= 4 is 29.0 Å². The fraction of sp³-hybridized carbons (Fsp3) is 0.267. The van der Waals surface area contributed by atoms with Crippen LogP contribution >= 0.6 is 0 Å². The molecule has 0 saturated carbocycles. The first-order chi connectivity index (χ1) is 19.5. The standard InChI is InChI=1S/C30H33N9O/c1-21-3-6-23(29(40)35-25-7-4-22(5-8-25)19-38-15-13-37(2)14-16-38)17-26(21)36-30-31-11-12-39(30)28-18-27(32-20-33-28)34-24-9-10-24/h3-12,17-18,20,24H,13-16,19H2,1-2H3,(H,31,36)(H,35,40)(H,32,33,34). The van der Waals surface area contributed by atoms with Gasteiger partial charge in [-0.1, -0.05) is 30.4 Å². The number of aryl methyl sites for hydroxylation is 1. The average molecular weight is 536 g/mol. The fourth-order valence-corrected chi connectivity index (χ4v) is 4.64. The van der Waals surface area contributed by atoms with Gasteiger partial charge in [0.05, 0.1) is 6.04 Å². The molecule has 1 aliphatic heterocycles. The Hall–Kier alpha value is -4.54. The summed E-state index contributed by atoms with van der Waals surface area (Å²) < 4.78 is 1.85. The summed E-state index contributed by atoms with van der Waals surface area (Å²) in [4.78, 5) is 31.1. The van der Waals surface area contributed by atoms with Crippen molar-refractivity contribution in [1.82, 2.24) is 29.3 Å². The number of carbonyl (C=O) groups excluding carboxylic acids is 1. The number of anilines is 4. The van der Waals surface area contributed by atoms with E-state index in [4.69, 9.17) is 0 Å². The zero-order valence-electron chi connectivity index (χ0n) is 22.7. The van der Waals surface area contributed by atoms with E-state index >= 15 is 0 Å². The first-order valence-electron chi connectivity index (χ1n) is 13.5. The lowest BCUT2D eigenvalue weighted by Gasteiger charge is -2.32. The Balaban J connectivity index is 1.12. The highest BCUT2D eigenvalue weighted by atomic mass is 16.1. The molecule has 1 saturated heterocycles. The molecule has 2 aromatic heterocycles. The van der Waals surface area contributed by atoms with Crippen molar-refractivity contribution in [3.8, 4) is 5.82 Å². The Bertz CT molecular complexity index is 1510. The first-order valence-corrected chi connectivity index (χ1v) is 13.5. The number of imidazole rings is 1. The minimum Gasteiger partial charge on any atom is -0.360 e. The molecule has 6 rings (SSSR count). The third-order valence-electron chi connectivity index (χ3n) is 7.20. The van der Waals surface area contributed by atoms with Gasteiger partial charge in [0.15, 0.2) is 0 Å². The highest BCUT2D eigenvalue weighted by Gasteiger charge is 2.16. The Morgan fingerprint density at radius 1 is 0.975 bits per heavy atom. The van der Waals surface area contributed by atoms with Crippen molar-refractivity contribution in [3.63, 3.8) is 0 Å². The van der Waals surface area contributed by atoms with Crippen molar-refractivity contribution in [2.75, 3.05) is 49.2 Å². The monoisotopic (exact) mass is 535 g/mol. The van der Waals surface area contributed by atoms with E-state index in [0.29, 0.717) is 17.3 Å². The Morgan fingerprint density at radius 3 is 2.55 bits per heavy atom. The van der Waals surface area contributed by atoms with Crippen LogP contribution in [0.5, 0.6) is 0 Å². The van der Waals surface area contributed by atoms with Crippen LogP contribution in [-0.2, 0) is 6.54 Å². The molecule has 2 aliphatic rings. The topological polar surface area (TPSA) is 103 Å². The molecule has 1 aliphatic carbocycles. The van der Waals surface area contributed by atoms with Crippen LogP contribution in [-0.4, -0.2) is 74.5 Å². The molecule has 0 spiro atoms. The number of rotatable bonds is 9. The van der Waals surface area contributed by atoms with Gasteiger partial charge in [0.2, 0.25) is 5.95 Å². The molecule has 1 fully saturated rings. The van der Waals surface area contributed by atoms with Crippen LogP contribution in [0.25, 0.3) is 5.82 Å². The van der Waals surface area contributed by atoms with E-state index in [9.17, 15) is 4.79 Å². The third-order valence-corrected chi connectivity index (χ3v) is 7.20. The van der Waals surface area contributed by atoms with Crippen molar-refractivity contribution < 1.29 is 4.79 Å². The minimum atomic E-state index is -0.168. The van der Waals surface area contributed by atoms with Crippen molar-refractivity contribution in [1.29, 1.82) is 0 Å². The number of hydrogen-bond acceptors (Lipinski definition) is 8. The van der Waals surface area contributed by atoms with E-state index in [1.807, 2.05) is 54.1 Å². The largest absolute Gasteiger partial charge is 0.360 e. The molecule has 10 nitrogen and oxygen atoms in total. The summed E-state index contributed by atoms with van der Waals surface area (Å²) in [6.45, 7) is 7.27. The smallest absolute Gasteiger partial charge is 0.255 e. The summed E-state index contributed by atoms with van der Waals surface area (Å²) in [5.74, 6) is 1.84. The van der Waals surface area contributed by atoms with Gasteiger partial charge in [-0.25, -0.2) is 15.0 Å². The number of nitrogens with zero attached hydrogens (tertiary/aromatic N) is 6. The van der Waals surface area contributed by atoms with Crippen LogP contribution < -0.4 is 16.0 Å². The van der Waals surface area contributed by atoms with E-state index in [0.717, 1.165) is 55.5 Å². The maximum absolute atomic E-state index is 13.1. The van der Waals surface area contributed by atoms with Gasteiger partial charge in [0, 0.05) is 68.1 Å². The van der Waals surface area contributed by atoms with Crippen molar-refractivity contribution in [2.45, 2.75) is 19.5 Å². The Morgan fingerprint density at radius 2 is 1.77 bits per heavy atom. The summed E-state index contributed by atoms with van der Waals surface area (Å²) in [5.41, 5.74) is 4.35.